The van der Waals surface area contributed by atoms with Gasteiger partial charge in [-0.2, -0.15) is 0 Å². The quantitative estimate of drug-likeness (QED) is 0.824. The highest BCUT2D eigenvalue weighted by atomic mass is 16.5. The first-order chi connectivity index (χ1) is 11.7. The third-order valence-electron chi connectivity index (χ3n) is 5.34. The van der Waals surface area contributed by atoms with Crippen LogP contribution in [0, 0.1) is 18.8 Å². The van der Waals surface area contributed by atoms with Gasteiger partial charge in [-0.25, -0.2) is 0 Å². The highest BCUT2D eigenvalue weighted by Gasteiger charge is 2.48. The lowest BCUT2D eigenvalue weighted by atomic mass is 10.00. The predicted octanol–water partition coefficient (Wildman–Crippen LogP) is 1.27. The molecule has 0 aromatic carbocycles. The zero-order valence-corrected chi connectivity index (χ0v) is 14.0. The minimum atomic E-state index is -0.0930. The number of amides is 1. The van der Waals surface area contributed by atoms with Crippen molar-refractivity contribution in [3.8, 4) is 0 Å². The van der Waals surface area contributed by atoms with E-state index < -0.39 is 0 Å². The third kappa shape index (κ3) is 3.08. The number of rotatable bonds is 4. The molecule has 4 rings (SSSR count). The number of hydrogen-bond acceptors (Lipinski definition) is 6. The zero-order valence-electron chi connectivity index (χ0n) is 14.0. The molecule has 0 aliphatic carbocycles. The van der Waals surface area contributed by atoms with E-state index in [9.17, 15) is 4.79 Å². The van der Waals surface area contributed by atoms with E-state index >= 15 is 0 Å². The van der Waals surface area contributed by atoms with E-state index in [4.69, 9.17) is 18.7 Å². The Hall–Kier alpha value is -1.44. The van der Waals surface area contributed by atoms with Crippen LogP contribution in [0.4, 0.5) is 0 Å². The molecule has 7 nitrogen and oxygen atoms in total. The molecule has 0 spiro atoms. The number of hydrogen-bond donors (Lipinski definition) is 0. The minimum absolute atomic E-state index is 0.0392. The molecule has 1 amide bonds. The molecule has 3 aliphatic rings. The maximum absolute atomic E-state index is 12.7. The highest BCUT2D eigenvalue weighted by molar-refractivity contribution is 5.92. The first kappa shape index (κ1) is 16.1. The van der Waals surface area contributed by atoms with E-state index in [1.165, 1.54) is 0 Å². The molecule has 3 atom stereocenters. The Balaban J connectivity index is 1.40. The van der Waals surface area contributed by atoms with Crippen molar-refractivity contribution in [3.05, 3.63) is 17.5 Å². The molecule has 1 aromatic heterocycles. The summed E-state index contributed by atoms with van der Waals surface area (Å²) < 4.78 is 22.3. The summed E-state index contributed by atoms with van der Waals surface area (Å²) in [5, 5.41) is 3.86. The molecule has 0 radical (unpaired) electrons. The van der Waals surface area contributed by atoms with Gasteiger partial charge in [-0.15, -0.1) is 0 Å². The summed E-state index contributed by atoms with van der Waals surface area (Å²) in [6, 6.07) is 1.76. The smallest absolute Gasteiger partial charge is 0.276 e. The van der Waals surface area contributed by atoms with Crippen molar-refractivity contribution >= 4 is 5.91 Å². The van der Waals surface area contributed by atoms with Crippen LogP contribution in [-0.4, -0.2) is 67.7 Å². The largest absolute Gasteiger partial charge is 0.381 e. The van der Waals surface area contributed by atoms with Gasteiger partial charge < -0.3 is 23.6 Å². The number of carbonyl (C=O) groups excluding carboxylic acids is 1. The zero-order chi connectivity index (χ0) is 16.5. The van der Waals surface area contributed by atoms with E-state index in [-0.39, 0.29) is 24.0 Å². The van der Waals surface area contributed by atoms with Crippen LogP contribution in [-0.2, 0) is 14.2 Å². The third-order valence-corrected chi connectivity index (χ3v) is 5.34. The second-order valence-electron chi connectivity index (χ2n) is 6.98. The molecule has 4 heterocycles. The fourth-order valence-corrected chi connectivity index (χ4v) is 3.90. The maximum atomic E-state index is 12.7. The van der Waals surface area contributed by atoms with Crippen molar-refractivity contribution in [1.82, 2.24) is 10.1 Å². The number of nitrogens with zero attached hydrogens (tertiary/aromatic N) is 2. The Kier molecular flexibility index (Phi) is 4.56. The first-order valence-corrected chi connectivity index (χ1v) is 8.74. The van der Waals surface area contributed by atoms with Gasteiger partial charge in [-0.05, 0) is 25.7 Å². The lowest BCUT2D eigenvalue weighted by Gasteiger charge is -2.25. The standard InChI is InChI=1S/C17H24N2O5/c1-11-6-14(18-24-11)17(20)19-7-16(13-9-22-10-15(13)19)23-8-12-2-4-21-5-3-12/h6,12-13,15-16H,2-5,7-10H2,1H3/t13-,15+,16-/m1/s1. The van der Waals surface area contributed by atoms with Gasteiger partial charge in [0.05, 0.1) is 32.0 Å². The van der Waals surface area contributed by atoms with Crippen LogP contribution in [0.3, 0.4) is 0 Å². The molecule has 24 heavy (non-hydrogen) atoms. The van der Waals surface area contributed by atoms with Crippen molar-refractivity contribution in [3.63, 3.8) is 0 Å². The van der Waals surface area contributed by atoms with Gasteiger partial charge in [0.1, 0.15) is 5.76 Å². The second kappa shape index (κ2) is 6.82. The molecule has 0 N–H and O–H groups in total. The van der Waals surface area contributed by atoms with Gasteiger partial charge in [-0.1, -0.05) is 5.16 Å². The number of likely N-dealkylation sites (tertiary alicyclic amines) is 1. The summed E-state index contributed by atoms with van der Waals surface area (Å²) in [4.78, 5) is 14.6. The Labute approximate surface area is 141 Å². The molecule has 3 aliphatic heterocycles. The minimum Gasteiger partial charge on any atom is -0.381 e. The van der Waals surface area contributed by atoms with Crippen molar-refractivity contribution in [2.75, 3.05) is 39.6 Å². The topological polar surface area (TPSA) is 74.0 Å². The molecule has 1 aromatic rings. The fourth-order valence-electron chi connectivity index (χ4n) is 3.90. The van der Waals surface area contributed by atoms with Crippen molar-refractivity contribution < 1.29 is 23.5 Å². The van der Waals surface area contributed by atoms with Crippen molar-refractivity contribution in [2.24, 2.45) is 11.8 Å². The van der Waals surface area contributed by atoms with Gasteiger partial charge >= 0.3 is 0 Å². The molecular formula is C17H24N2O5. The molecule has 3 fully saturated rings. The molecule has 3 saturated heterocycles. The monoisotopic (exact) mass is 336 g/mol. The summed E-state index contributed by atoms with van der Waals surface area (Å²) in [5.41, 5.74) is 0.364. The van der Waals surface area contributed by atoms with E-state index in [0.717, 1.165) is 32.7 Å². The molecule has 0 saturated carbocycles. The Bertz CT molecular complexity index is 583. The van der Waals surface area contributed by atoms with Crippen LogP contribution in [0.5, 0.6) is 0 Å². The van der Waals surface area contributed by atoms with Crippen molar-refractivity contribution in [2.45, 2.75) is 31.9 Å². The number of aryl methyl sites for hydroxylation is 1. The summed E-state index contributed by atoms with van der Waals surface area (Å²) in [6.07, 6.45) is 2.15. The lowest BCUT2D eigenvalue weighted by molar-refractivity contribution is -0.0252. The van der Waals surface area contributed by atoms with Crippen LogP contribution in [0.25, 0.3) is 0 Å². The van der Waals surface area contributed by atoms with Crippen LogP contribution in [0.2, 0.25) is 0 Å². The number of carbonyl (C=O) groups is 1. The van der Waals surface area contributed by atoms with E-state index in [1.54, 1.807) is 13.0 Å². The normalized spacial score (nSPS) is 30.7. The highest BCUT2D eigenvalue weighted by Crippen LogP contribution is 2.33. The van der Waals surface area contributed by atoms with Gasteiger partial charge in [0, 0.05) is 31.7 Å². The molecular weight excluding hydrogens is 312 g/mol. The predicted molar refractivity (Wildman–Crippen MR) is 83.7 cm³/mol. The maximum Gasteiger partial charge on any atom is 0.276 e. The van der Waals surface area contributed by atoms with E-state index in [2.05, 4.69) is 5.16 Å². The van der Waals surface area contributed by atoms with Crippen LogP contribution in [0.15, 0.2) is 10.6 Å². The summed E-state index contributed by atoms with van der Waals surface area (Å²) in [5.74, 6) is 1.36. The Morgan fingerprint density at radius 2 is 2.17 bits per heavy atom. The van der Waals surface area contributed by atoms with Gasteiger partial charge in [0.15, 0.2) is 5.69 Å². The molecule has 132 valence electrons. The van der Waals surface area contributed by atoms with E-state index in [1.807, 2.05) is 4.90 Å². The first-order valence-electron chi connectivity index (χ1n) is 8.74. The number of fused-ring (bicyclic) bond motifs is 1. The van der Waals surface area contributed by atoms with Crippen LogP contribution >= 0.6 is 0 Å². The van der Waals surface area contributed by atoms with Gasteiger partial charge in [0.25, 0.3) is 5.91 Å². The molecule has 0 bridgehead atoms. The Morgan fingerprint density at radius 1 is 1.33 bits per heavy atom. The fraction of sp³-hybridized carbons (Fsp3) is 0.765. The number of aromatic nitrogens is 1. The van der Waals surface area contributed by atoms with Crippen LogP contribution < -0.4 is 0 Å². The Morgan fingerprint density at radius 3 is 2.92 bits per heavy atom. The molecule has 7 heteroatoms. The second-order valence-corrected chi connectivity index (χ2v) is 6.98. The lowest BCUT2D eigenvalue weighted by Crippen LogP contribution is -2.38. The van der Waals surface area contributed by atoms with Crippen LogP contribution in [0.1, 0.15) is 29.1 Å². The van der Waals surface area contributed by atoms with Crippen molar-refractivity contribution in [1.29, 1.82) is 0 Å². The average Bonchev–Trinajstić information content (AvgIpc) is 3.30. The summed E-state index contributed by atoms with van der Waals surface area (Å²) >= 11 is 0. The summed E-state index contributed by atoms with van der Waals surface area (Å²) in [7, 11) is 0. The van der Waals surface area contributed by atoms with E-state index in [0.29, 0.717) is 37.1 Å². The SMILES string of the molecule is Cc1cc(C(=O)N2C[C@@H](OCC3CCOCC3)[C@@H]3COC[C@@H]32)no1. The molecule has 0 unspecified atom stereocenters. The van der Waals surface area contributed by atoms with Gasteiger partial charge in [0.2, 0.25) is 0 Å². The average molecular weight is 336 g/mol. The number of ether oxygens (including phenoxy) is 3. The van der Waals surface area contributed by atoms with Gasteiger partial charge in [-0.3, -0.25) is 4.79 Å². The summed E-state index contributed by atoms with van der Waals surface area (Å²) in [6.45, 7) is 6.01.